The topological polar surface area (TPSA) is 46.5 Å². The maximum atomic E-state index is 11.4. The van der Waals surface area contributed by atoms with E-state index in [2.05, 4.69) is 0 Å². The molecule has 1 aromatic rings. The average Bonchev–Trinajstić information content (AvgIpc) is 2.41. The van der Waals surface area contributed by atoms with Crippen LogP contribution in [0.5, 0.6) is 5.75 Å². The van der Waals surface area contributed by atoms with Crippen molar-refractivity contribution in [2.45, 2.75) is 44.1 Å². The fourth-order valence-electron chi connectivity index (χ4n) is 3.36. The Morgan fingerprint density at radius 2 is 1.56 bits per heavy atom. The molecule has 0 radical (unpaired) electrons. The highest BCUT2D eigenvalue weighted by Crippen LogP contribution is 2.53. The summed E-state index contributed by atoms with van der Waals surface area (Å²) in [6, 6.07) is 9.87. The summed E-state index contributed by atoms with van der Waals surface area (Å²) in [5.41, 5.74) is -0.569. The lowest BCUT2D eigenvalue weighted by Crippen LogP contribution is -2.52. The molecule has 0 aliphatic heterocycles. The summed E-state index contributed by atoms with van der Waals surface area (Å²) in [5.74, 6) is 0.290. The van der Waals surface area contributed by atoms with E-state index in [1.54, 1.807) is 0 Å². The summed E-state index contributed by atoms with van der Waals surface area (Å²) < 4.78 is 6.16. The number of aliphatic carboxylic acids is 1. The van der Waals surface area contributed by atoms with E-state index < -0.39 is 11.4 Å². The Labute approximate surface area is 107 Å². The zero-order valence-electron chi connectivity index (χ0n) is 10.4. The van der Waals surface area contributed by atoms with Gasteiger partial charge in [0.2, 0.25) is 0 Å². The number of carboxylic acid groups (broad SMARTS) is 1. The molecule has 2 bridgehead atoms. The monoisotopic (exact) mass is 246 g/mol. The molecule has 0 atom stereocenters. The van der Waals surface area contributed by atoms with Crippen LogP contribution in [-0.2, 0) is 4.79 Å². The van der Waals surface area contributed by atoms with Gasteiger partial charge in [-0.1, -0.05) is 18.2 Å². The molecule has 3 fully saturated rings. The lowest BCUT2D eigenvalue weighted by Gasteiger charge is -2.50. The summed E-state index contributed by atoms with van der Waals surface area (Å²) in [4.78, 5) is 11.4. The second kappa shape index (κ2) is 4.01. The third kappa shape index (κ3) is 1.78. The van der Waals surface area contributed by atoms with Crippen LogP contribution in [0.15, 0.2) is 30.3 Å². The predicted molar refractivity (Wildman–Crippen MR) is 67.6 cm³/mol. The maximum absolute atomic E-state index is 11.4. The van der Waals surface area contributed by atoms with Crippen LogP contribution in [0.3, 0.4) is 0 Å². The number of ether oxygens (including phenoxy) is 1. The van der Waals surface area contributed by atoms with Crippen molar-refractivity contribution in [2.75, 3.05) is 0 Å². The van der Waals surface area contributed by atoms with Gasteiger partial charge in [-0.25, -0.2) is 0 Å². The zero-order valence-corrected chi connectivity index (χ0v) is 10.4. The summed E-state index contributed by atoms with van der Waals surface area (Å²) in [6.07, 6.45) is 4.89. The number of carboxylic acids is 1. The van der Waals surface area contributed by atoms with Crippen LogP contribution in [0.1, 0.15) is 38.5 Å². The number of fused-ring (bicyclic) bond motifs is 3. The Hall–Kier alpha value is -1.51. The van der Waals surface area contributed by atoms with Gasteiger partial charge in [0.1, 0.15) is 11.4 Å². The van der Waals surface area contributed by atoms with Gasteiger partial charge < -0.3 is 9.84 Å². The smallest absolute Gasteiger partial charge is 0.309 e. The van der Waals surface area contributed by atoms with Crippen molar-refractivity contribution in [2.24, 2.45) is 5.41 Å². The second-order valence-electron chi connectivity index (χ2n) is 5.68. The minimum Gasteiger partial charge on any atom is -0.487 e. The molecule has 3 aliphatic carbocycles. The molecule has 0 aromatic heterocycles. The molecule has 3 heteroatoms. The Bertz CT molecular complexity index is 428. The van der Waals surface area contributed by atoms with Gasteiger partial charge in [-0.3, -0.25) is 4.79 Å². The highest BCUT2D eigenvalue weighted by molar-refractivity contribution is 5.75. The molecular formula is C15H18O3. The number of para-hydroxylation sites is 1. The van der Waals surface area contributed by atoms with E-state index in [1.807, 2.05) is 30.3 Å². The predicted octanol–water partition coefficient (Wildman–Crippen LogP) is 3.24. The summed E-state index contributed by atoms with van der Waals surface area (Å²) in [7, 11) is 0. The summed E-state index contributed by atoms with van der Waals surface area (Å²) >= 11 is 0. The van der Waals surface area contributed by atoms with Crippen molar-refractivity contribution in [1.29, 1.82) is 0 Å². The van der Waals surface area contributed by atoms with Crippen molar-refractivity contribution >= 4 is 5.97 Å². The first kappa shape index (κ1) is 11.6. The maximum Gasteiger partial charge on any atom is 0.309 e. The van der Waals surface area contributed by atoms with Crippen molar-refractivity contribution in [3.63, 3.8) is 0 Å². The minimum atomic E-state index is -0.615. The van der Waals surface area contributed by atoms with E-state index in [1.165, 1.54) is 0 Å². The minimum absolute atomic E-state index is 0.113. The largest absolute Gasteiger partial charge is 0.487 e. The Morgan fingerprint density at radius 3 is 2.06 bits per heavy atom. The number of rotatable bonds is 3. The van der Waals surface area contributed by atoms with Crippen molar-refractivity contribution in [3.8, 4) is 5.75 Å². The Morgan fingerprint density at radius 1 is 1.00 bits per heavy atom. The first-order chi connectivity index (χ1) is 8.64. The molecule has 1 aromatic carbocycles. The molecule has 0 unspecified atom stereocenters. The van der Waals surface area contributed by atoms with E-state index in [4.69, 9.17) is 4.74 Å². The number of carbonyl (C=O) groups is 1. The molecule has 1 N–H and O–H groups in total. The van der Waals surface area contributed by atoms with E-state index in [0.717, 1.165) is 44.3 Å². The average molecular weight is 246 g/mol. The molecule has 0 amide bonds. The van der Waals surface area contributed by atoms with E-state index in [9.17, 15) is 9.90 Å². The van der Waals surface area contributed by atoms with E-state index in [0.29, 0.717) is 0 Å². The van der Waals surface area contributed by atoms with Crippen molar-refractivity contribution < 1.29 is 14.6 Å². The van der Waals surface area contributed by atoms with Gasteiger partial charge in [0, 0.05) is 0 Å². The van der Waals surface area contributed by atoms with Crippen LogP contribution in [0.4, 0.5) is 0 Å². The van der Waals surface area contributed by atoms with Gasteiger partial charge in [-0.15, -0.1) is 0 Å². The molecule has 0 spiro atoms. The van der Waals surface area contributed by atoms with Crippen LogP contribution in [-0.4, -0.2) is 16.7 Å². The summed E-state index contributed by atoms with van der Waals surface area (Å²) in [6.45, 7) is 0. The number of benzene rings is 1. The van der Waals surface area contributed by atoms with Gasteiger partial charge in [-0.2, -0.15) is 0 Å². The normalized spacial score (nSPS) is 34.2. The first-order valence-corrected chi connectivity index (χ1v) is 6.62. The second-order valence-corrected chi connectivity index (χ2v) is 5.68. The third-order valence-electron chi connectivity index (χ3n) is 4.71. The molecule has 3 aliphatic rings. The number of hydrogen-bond donors (Lipinski definition) is 1. The van der Waals surface area contributed by atoms with Crippen molar-refractivity contribution in [3.05, 3.63) is 30.3 Å². The molecule has 0 saturated heterocycles. The lowest BCUT2D eigenvalue weighted by molar-refractivity contribution is -0.162. The van der Waals surface area contributed by atoms with E-state index >= 15 is 0 Å². The van der Waals surface area contributed by atoms with Crippen LogP contribution in [0.25, 0.3) is 0 Å². The number of hydrogen-bond acceptors (Lipinski definition) is 2. The molecular weight excluding hydrogens is 228 g/mol. The van der Waals surface area contributed by atoms with Gasteiger partial charge in [0.25, 0.3) is 0 Å². The standard InChI is InChI=1S/C15H18O3/c16-13(17)14-6-9-15(10-7-14,11-8-14)18-12-4-2-1-3-5-12/h1-5H,6-11H2,(H,16,17). The third-order valence-corrected chi connectivity index (χ3v) is 4.71. The van der Waals surface area contributed by atoms with Crippen LogP contribution in [0.2, 0.25) is 0 Å². The van der Waals surface area contributed by atoms with Gasteiger partial charge in [-0.05, 0) is 50.7 Å². The molecule has 0 heterocycles. The zero-order chi connectivity index (χ0) is 12.6. The first-order valence-electron chi connectivity index (χ1n) is 6.62. The molecule has 3 saturated carbocycles. The molecule has 3 nitrogen and oxygen atoms in total. The van der Waals surface area contributed by atoms with E-state index in [-0.39, 0.29) is 5.60 Å². The molecule has 96 valence electrons. The molecule has 18 heavy (non-hydrogen) atoms. The highest BCUT2D eigenvalue weighted by Gasteiger charge is 2.53. The SMILES string of the molecule is O=C(O)C12CCC(Oc3ccccc3)(CC1)CC2. The van der Waals surface area contributed by atoms with Crippen molar-refractivity contribution in [1.82, 2.24) is 0 Å². The van der Waals surface area contributed by atoms with Crippen LogP contribution >= 0.6 is 0 Å². The fraction of sp³-hybridized carbons (Fsp3) is 0.533. The highest BCUT2D eigenvalue weighted by atomic mass is 16.5. The van der Waals surface area contributed by atoms with Crippen LogP contribution < -0.4 is 4.74 Å². The quantitative estimate of drug-likeness (QED) is 0.890. The van der Waals surface area contributed by atoms with Gasteiger partial charge in [0.05, 0.1) is 5.41 Å². The van der Waals surface area contributed by atoms with Crippen LogP contribution in [0, 0.1) is 5.41 Å². The summed E-state index contributed by atoms with van der Waals surface area (Å²) in [5, 5.41) is 9.35. The van der Waals surface area contributed by atoms with Gasteiger partial charge in [0.15, 0.2) is 0 Å². The van der Waals surface area contributed by atoms with Gasteiger partial charge >= 0.3 is 5.97 Å². The fourth-order valence-corrected chi connectivity index (χ4v) is 3.36. The molecule has 4 rings (SSSR count). The Kier molecular flexibility index (Phi) is 2.58. The Balaban J connectivity index is 1.75. The lowest BCUT2D eigenvalue weighted by atomic mass is 9.58.